The summed E-state index contributed by atoms with van der Waals surface area (Å²) in [5.41, 5.74) is 0.00689. The first-order chi connectivity index (χ1) is 15.6. The van der Waals surface area contributed by atoms with Crippen molar-refractivity contribution in [3.63, 3.8) is 0 Å². The van der Waals surface area contributed by atoms with Crippen molar-refractivity contribution in [1.29, 1.82) is 0 Å². The molecule has 4 rings (SSSR count). The van der Waals surface area contributed by atoms with Gasteiger partial charge in [-0.3, -0.25) is 4.79 Å². The fourth-order valence-corrected chi connectivity index (χ4v) is 4.94. The molecule has 2 aromatic heterocycles. The Kier molecular flexibility index (Phi) is 6.51. The quantitative estimate of drug-likeness (QED) is 0.480. The average Bonchev–Trinajstić information content (AvgIpc) is 3.15. The van der Waals surface area contributed by atoms with E-state index in [1.165, 1.54) is 13.3 Å². The van der Waals surface area contributed by atoms with Crippen molar-refractivity contribution in [2.75, 3.05) is 30.4 Å². The summed E-state index contributed by atoms with van der Waals surface area (Å²) in [4.78, 5) is 26.6. The van der Waals surface area contributed by atoms with Crippen molar-refractivity contribution in [3.8, 4) is 5.75 Å². The Labute approximate surface area is 193 Å². The van der Waals surface area contributed by atoms with Gasteiger partial charge in [-0.2, -0.15) is 0 Å². The molecular weight excluding hydrogens is 463 g/mol. The van der Waals surface area contributed by atoms with E-state index in [0.29, 0.717) is 11.6 Å². The van der Waals surface area contributed by atoms with Crippen LogP contribution in [0.2, 0.25) is 5.28 Å². The Morgan fingerprint density at radius 1 is 1.27 bits per heavy atom. The SMILES string of the molecule is COC(=O)C1CCCC2(CCN(c3cc(Nc4cc(OC(F)(F)F)ccn4)nc(Cl)n3)C2)C1. The van der Waals surface area contributed by atoms with Gasteiger partial charge in [-0.25, -0.2) is 15.0 Å². The summed E-state index contributed by atoms with van der Waals surface area (Å²) in [5.74, 6) is 0.347. The van der Waals surface area contributed by atoms with E-state index in [0.717, 1.165) is 57.3 Å². The van der Waals surface area contributed by atoms with Crippen LogP contribution in [0.5, 0.6) is 5.75 Å². The second-order valence-electron chi connectivity index (χ2n) is 8.42. The van der Waals surface area contributed by atoms with Crippen LogP contribution in [0.3, 0.4) is 0 Å². The highest BCUT2D eigenvalue weighted by Crippen LogP contribution is 2.47. The number of rotatable bonds is 5. The molecular formula is C21H23ClF3N5O3. The van der Waals surface area contributed by atoms with Crippen molar-refractivity contribution in [2.45, 2.75) is 38.5 Å². The van der Waals surface area contributed by atoms with E-state index in [4.69, 9.17) is 16.3 Å². The predicted octanol–water partition coefficient (Wildman–Crippen LogP) is 4.73. The zero-order valence-corrected chi connectivity index (χ0v) is 18.6. The van der Waals surface area contributed by atoms with E-state index in [9.17, 15) is 18.0 Å². The largest absolute Gasteiger partial charge is 0.573 e. The number of carbonyl (C=O) groups is 1. The lowest BCUT2D eigenvalue weighted by atomic mass is 9.69. The number of hydrogen-bond donors (Lipinski definition) is 1. The van der Waals surface area contributed by atoms with Gasteiger partial charge in [0.15, 0.2) is 0 Å². The van der Waals surface area contributed by atoms with Gasteiger partial charge in [-0.1, -0.05) is 6.42 Å². The van der Waals surface area contributed by atoms with Crippen molar-refractivity contribution in [1.82, 2.24) is 15.0 Å². The standard InChI is InChI=1S/C21H23ClF3N5O3/c1-32-18(31)13-3-2-5-20(11-13)6-8-30(12-20)17-10-16(28-19(22)29-17)27-15-9-14(4-7-26-15)33-21(23,24)25/h4,7,9-10,13H,2-3,5-6,8,11-12H2,1H3,(H,26,27,28,29). The van der Waals surface area contributed by atoms with Crippen LogP contribution >= 0.6 is 11.6 Å². The number of carbonyl (C=O) groups excluding carboxylic acids is 1. The number of halogens is 4. The molecule has 1 aliphatic heterocycles. The molecule has 2 fully saturated rings. The lowest BCUT2D eigenvalue weighted by molar-refractivity contribution is -0.274. The van der Waals surface area contributed by atoms with Crippen LogP contribution in [-0.4, -0.2) is 47.5 Å². The van der Waals surface area contributed by atoms with Gasteiger partial charge in [0.1, 0.15) is 23.2 Å². The van der Waals surface area contributed by atoms with Gasteiger partial charge < -0.3 is 19.7 Å². The number of methoxy groups -OCH3 is 1. The van der Waals surface area contributed by atoms with E-state index in [2.05, 4.69) is 29.9 Å². The Bertz CT molecular complexity index is 1020. The number of nitrogens with zero attached hydrogens (tertiary/aromatic N) is 4. The van der Waals surface area contributed by atoms with E-state index < -0.39 is 12.1 Å². The lowest BCUT2D eigenvalue weighted by Crippen LogP contribution is -2.35. The Morgan fingerprint density at radius 2 is 2.09 bits per heavy atom. The summed E-state index contributed by atoms with van der Waals surface area (Å²) in [7, 11) is 1.42. The summed E-state index contributed by atoms with van der Waals surface area (Å²) in [6.45, 7) is 1.47. The summed E-state index contributed by atoms with van der Waals surface area (Å²) >= 11 is 6.13. The highest BCUT2D eigenvalue weighted by Gasteiger charge is 2.44. The molecule has 2 aromatic rings. The maximum absolute atomic E-state index is 12.5. The first-order valence-corrected chi connectivity index (χ1v) is 10.9. The number of nitrogens with one attached hydrogen (secondary N) is 1. The number of hydrogen-bond acceptors (Lipinski definition) is 8. The monoisotopic (exact) mass is 485 g/mol. The molecule has 8 nitrogen and oxygen atoms in total. The first-order valence-electron chi connectivity index (χ1n) is 10.5. The van der Waals surface area contributed by atoms with Crippen molar-refractivity contribution in [3.05, 3.63) is 29.7 Å². The molecule has 0 amide bonds. The molecule has 0 radical (unpaired) electrons. The molecule has 178 valence electrons. The molecule has 1 saturated heterocycles. The van der Waals surface area contributed by atoms with Crippen molar-refractivity contribution >= 4 is 35.0 Å². The molecule has 2 atom stereocenters. The topological polar surface area (TPSA) is 89.5 Å². The van der Waals surface area contributed by atoms with Crippen LogP contribution < -0.4 is 15.0 Å². The van der Waals surface area contributed by atoms with Gasteiger partial charge in [-0.05, 0) is 48.8 Å². The molecule has 1 N–H and O–H groups in total. The summed E-state index contributed by atoms with van der Waals surface area (Å²) in [6.07, 6.45) is 0.912. The van der Waals surface area contributed by atoms with E-state index in [1.807, 2.05) is 0 Å². The third-order valence-corrected chi connectivity index (χ3v) is 6.31. The van der Waals surface area contributed by atoms with Crippen LogP contribution in [0.15, 0.2) is 24.4 Å². The normalized spacial score (nSPS) is 22.9. The lowest BCUT2D eigenvalue weighted by Gasteiger charge is -2.37. The molecule has 1 saturated carbocycles. The minimum atomic E-state index is -4.80. The van der Waals surface area contributed by atoms with Crippen molar-refractivity contribution < 1.29 is 27.4 Å². The van der Waals surface area contributed by atoms with Crippen LogP contribution in [0.1, 0.15) is 32.1 Å². The summed E-state index contributed by atoms with van der Waals surface area (Å²) in [5, 5.41) is 2.85. The zero-order valence-electron chi connectivity index (χ0n) is 17.9. The Balaban J connectivity index is 1.48. The van der Waals surface area contributed by atoms with Gasteiger partial charge in [0.2, 0.25) is 5.28 Å². The number of pyridine rings is 1. The molecule has 12 heteroatoms. The second-order valence-corrected chi connectivity index (χ2v) is 8.76. The number of esters is 1. The van der Waals surface area contributed by atoms with Gasteiger partial charge in [0.05, 0.1) is 13.0 Å². The minimum Gasteiger partial charge on any atom is -0.469 e. The van der Waals surface area contributed by atoms with E-state index in [1.54, 1.807) is 6.07 Å². The second kappa shape index (κ2) is 9.20. The maximum Gasteiger partial charge on any atom is 0.573 e. The molecule has 33 heavy (non-hydrogen) atoms. The number of ether oxygens (including phenoxy) is 2. The van der Waals surface area contributed by atoms with Gasteiger partial charge >= 0.3 is 12.3 Å². The fourth-order valence-electron chi connectivity index (χ4n) is 4.76. The first kappa shape index (κ1) is 23.3. The third-order valence-electron chi connectivity index (χ3n) is 6.14. The third kappa shape index (κ3) is 5.76. The molecule has 0 aromatic carbocycles. The molecule has 1 spiro atoms. The summed E-state index contributed by atoms with van der Waals surface area (Å²) < 4.78 is 46.3. The highest BCUT2D eigenvalue weighted by molar-refractivity contribution is 6.28. The molecule has 2 unspecified atom stereocenters. The zero-order chi connectivity index (χ0) is 23.6. The number of aromatic nitrogens is 3. The van der Waals surface area contributed by atoms with Crippen LogP contribution in [0.25, 0.3) is 0 Å². The van der Waals surface area contributed by atoms with Crippen LogP contribution in [0.4, 0.5) is 30.6 Å². The van der Waals surface area contributed by atoms with E-state index in [-0.39, 0.29) is 28.4 Å². The number of anilines is 3. The van der Waals surface area contributed by atoms with Gasteiger partial charge in [-0.15, -0.1) is 13.2 Å². The highest BCUT2D eigenvalue weighted by atomic mass is 35.5. The van der Waals surface area contributed by atoms with Crippen molar-refractivity contribution in [2.24, 2.45) is 11.3 Å². The molecule has 3 heterocycles. The van der Waals surface area contributed by atoms with Crippen LogP contribution in [-0.2, 0) is 9.53 Å². The Morgan fingerprint density at radius 3 is 2.85 bits per heavy atom. The minimum absolute atomic E-state index is 0.00488. The molecule has 2 aliphatic rings. The predicted molar refractivity (Wildman–Crippen MR) is 114 cm³/mol. The van der Waals surface area contributed by atoms with Crippen LogP contribution in [0, 0.1) is 11.3 Å². The van der Waals surface area contributed by atoms with Gasteiger partial charge in [0, 0.05) is 31.4 Å². The van der Waals surface area contributed by atoms with E-state index >= 15 is 0 Å². The molecule has 0 bridgehead atoms. The summed E-state index contributed by atoms with van der Waals surface area (Å²) in [6, 6.07) is 3.89. The Hall–Kier alpha value is -2.82. The number of alkyl halides is 3. The smallest absolute Gasteiger partial charge is 0.469 e. The molecule has 1 aliphatic carbocycles. The average molecular weight is 486 g/mol. The van der Waals surface area contributed by atoms with Gasteiger partial charge in [0.25, 0.3) is 0 Å². The fraction of sp³-hybridized carbons (Fsp3) is 0.524. The maximum atomic E-state index is 12.5.